The molecule has 154 valence electrons. The van der Waals surface area contributed by atoms with E-state index in [1.54, 1.807) is 10.2 Å². The van der Waals surface area contributed by atoms with Gasteiger partial charge in [0.1, 0.15) is 12.1 Å². The summed E-state index contributed by atoms with van der Waals surface area (Å²) in [4.78, 5) is 37.7. The predicted molar refractivity (Wildman–Crippen MR) is 96.0 cm³/mol. The van der Waals surface area contributed by atoms with Crippen molar-refractivity contribution in [3.05, 3.63) is 35.4 Å². The van der Waals surface area contributed by atoms with Crippen LogP contribution in [0.15, 0.2) is 24.3 Å². The molecular weight excluding hydrogens is 375 g/mol. The van der Waals surface area contributed by atoms with Crippen LogP contribution in [0, 0.1) is 12.8 Å². The highest BCUT2D eigenvalue weighted by Gasteiger charge is 2.42. The van der Waals surface area contributed by atoms with Gasteiger partial charge in [0.15, 0.2) is 0 Å². The molecule has 1 saturated heterocycles. The van der Waals surface area contributed by atoms with Crippen molar-refractivity contribution in [2.45, 2.75) is 52.0 Å². The number of alkyl halides is 3. The summed E-state index contributed by atoms with van der Waals surface area (Å²) in [5, 5.41) is 4.18. The smallest absolute Gasteiger partial charge is 0.342 e. The first kappa shape index (κ1) is 21.7. The number of likely N-dealkylation sites (tertiary alicyclic amines) is 1. The quantitative estimate of drug-likeness (QED) is 0.767. The van der Waals surface area contributed by atoms with Crippen molar-refractivity contribution in [2.24, 2.45) is 5.92 Å². The van der Waals surface area contributed by atoms with Crippen LogP contribution in [0.2, 0.25) is 0 Å². The second-order valence-corrected chi connectivity index (χ2v) is 7.29. The maximum Gasteiger partial charge on any atom is 0.471 e. The Morgan fingerprint density at radius 3 is 2.36 bits per heavy atom. The molecular formula is C19H24F3N3O3. The highest BCUT2D eigenvalue weighted by Crippen LogP contribution is 2.18. The molecule has 6 nitrogen and oxygen atoms in total. The van der Waals surface area contributed by atoms with Crippen molar-refractivity contribution in [3.8, 4) is 0 Å². The fourth-order valence-corrected chi connectivity index (χ4v) is 2.96. The Kier molecular flexibility index (Phi) is 6.69. The second-order valence-electron chi connectivity index (χ2n) is 7.29. The Morgan fingerprint density at radius 2 is 1.82 bits per heavy atom. The predicted octanol–water partition coefficient (Wildman–Crippen LogP) is 1.92. The van der Waals surface area contributed by atoms with Crippen LogP contribution in [-0.4, -0.2) is 47.4 Å². The van der Waals surface area contributed by atoms with Gasteiger partial charge in [0.25, 0.3) is 0 Å². The molecule has 0 saturated carbocycles. The Hall–Kier alpha value is -2.58. The molecule has 1 heterocycles. The fourth-order valence-electron chi connectivity index (χ4n) is 2.96. The number of rotatable bonds is 6. The number of hydrogen-bond acceptors (Lipinski definition) is 3. The number of amides is 3. The van der Waals surface area contributed by atoms with Crippen LogP contribution in [0.4, 0.5) is 13.2 Å². The SMILES string of the molecule is Cc1ccc(CN2CCC(NC(=O)[C@@H](NC(=O)C(F)(F)F)C(C)C)C2=O)cc1. The zero-order chi connectivity index (χ0) is 21.1. The van der Waals surface area contributed by atoms with E-state index in [0.29, 0.717) is 19.5 Å². The van der Waals surface area contributed by atoms with Crippen molar-refractivity contribution in [3.63, 3.8) is 0 Å². The Bertz CT molecular complexity index is 732. The van der Waals surface area contributed by atoms with Gasteiger partial charge in [-0.2, -0.15) is 13.2 Å². The largest absolute Gasteiger partial charge is 0.471 e. The summed E-state index contributed by atoms with van der Waals surface area (Å²) in [6.45, 7) is 5.81. The number of nitrogens with zero attached hydrogens (tertiary/aromatic N) is 1. The standard InChI is InChI=1S/C19H24F3N3O3/c1-11(2)15(24-18(28)19(20,21)22)16(26)23-14-8-9-25(17(14)27)10-13-6-4-12(3)5-7-13/h4-7,11,14-15H,8-10H2,1-3H3,(H,23,26)(H,24,28)/t14?,15-/m0/s1. The zero-order valence-corrected chi connectivity index (χ0v) is 16.0. The fraction of sp³-hybridized carbons (Fsp3) is 0.526. The molecule has 0 bridgehead atoms. The summed E-state index contributed by atoms with van der Waals surface area (Å²) in [6, 6.07) is 5.50. The van der Waals surface area contributed by atoms with Crippen molar-refractivity contribution >= 4 is 17.7 Å². The maximum absolute atomic E-state index is 12.5. The lowest BCUT2D eigenvalue weighted by Crippen LogP contribution is -2.55. The molecule has 0 aliphatic carbocycles. The number of halogens is 3. The zero-order valence-electron chi connectivity index (χ0n) is 16.0. The van der Waals surface area contributed by atoms with Crippen molar-refractivity contribution < 1.29 is 27.6 Å². The number of hydrogen-bond donors (Lipinski definition) is 2. The Labute approximate surface area is 161 Å². The minimum atomic E-state index is -5.08. The molecule has 0 radical (unpaired) electrons. The van der Waals surface area contributed by atoms with E-state index in [2.05, 4.69) is 5.32 Å². The van der Waals surface area contributed by atoms with E-state index in [9.17, 15) is 27.6 Å². The average molecular weight is 399 g/mol. The lowest BCUT2D eigenvalue weighted by Gasteiger charge is -2.24. The van der Waals surface area contributed by atoms with Crippen LogP contribution < -0.4 is 10.6 Å². The van der Waals surface area contributed by atoms with Gasteiger partial charge in [0, 0.05) is 13.1 Å². The minimum Gasteiger partial charge on any atom is -0.342 e. The molecule has 0 spiro atoms. The average Bonchev–Trinajstić information content (AvgIpc) is 2.93. The van der Waals surface area contributed by atoms with Gasteiger partial charge >= 0.3 is 12.1 Å². The van der Waals surface area contributed by atoms with Gasteiger partial charge in [-0.1, -0.05) is 43.7 Å². The Morgan fingerprint density at radius 1 is 1.21 bits per heavy atom. The van der Waals surface area contributed by atoms with Gasteiger partial charge in [-0.25, -0.2) is 0 Å². The van der Waals surface area contributed by atoms with Gasteiger partial charge in [-0.05, 0) is 24.8 Å². The summed E-state index contributed by atoms with van der Waals surface area (Å²) in [6.07, 6.45) is -4.73. The number of benzene rings is 1. The third-order valence-corrected chi connectivity index (χ3v) is 4.60. The topological polar surface area (TPSA) is 78.5 Å². The van der Waals surface area contributed by atoms with E-state index in [0.717, 1.165) is 11.1 Å². The summed E-state index contributed by atoms with van der Waals surface area (Å²) >= 11 is 0. The summed E-state index contributed by atoms with van der Waals surface area (Å²) in [5.41, 5.74) is 2.05. The van der Waals surface area contributed by atoms with Crippen LogP contribution in [0.25, 0.3) is 0 Å². The normalized spacial score (nSPS) is 18.3. The van der Waals surface area contributed by atoms with E-state index in [1.807, 2.05) is 31.2 Å². The first-order valence-corrected chi connectivity index (χ1v) is 9.01. The van der Waals surface area contributed by atoms with Gasteiger partial charge < -0.3 is 15.5 Å². The van der Waals surface area contributed by atoms with Gasteiger partial charge in [0.2, 0.25) is 11.8 Å². The van der Waals surface area contributed by atoms with E-state index in [4.69, 9.17) is 0 Å². The van der Waals surface area contributed by atoms with Crippen LogP contribution in [0.1, 0.15) is 31.4 Å². The molecule has 0 aromatic heterocycles. The van der Waals surface area contributed by atoms with Gasteiger partial charge in [-0.15, -0.1) is 0 Å². The molecule has 3 amide bonds. The molecule has 2 rings (SSSR count). The maximum atomic E-state index is 12.5. The molecule has 2 N–H and O–H groups in total. The lowest BCUT2D eigenvalue weighted by atomic mass is 10.0. The lowest BCUT2D eigenvalue weighted by molar-refractivity contribution is -0.175. The molecule has 28 heavy (non-hydrogen) atoms. The third kappa shape index (κ3) is 5.46. The highest BCUT2D eigenvalue weighted by atomic mass is 19.4. The van der Waals surface area contributed by atoms with Crippen molar-refractivity contribution in [1.82, 2.24) is 15.5 Å². The van der Waals surface area contributed by atoms with E-state index >= 15 is 0 Å². The molecule has 1 aliphatic heterocycles. The summed E-state index contributed by atoms with van der Waals surface area (Å²) < 4.78 is 37.4. The molecule has 1 aromatic rings. The molecule has 9 heteroatoms. The molecule has 1 fully saturated rings. The van der Waals surface area contributed by atoms with Crippen LogP contribution >= 0.6 is 0 Å². The molecule has 2 atom stereocenters. The molecule has 1 aliphatic rings. The minimum absolute atomic E-state index is 0.293. The third-order valence-electron chi connectivity index (χ3n) is 4.60. The van der Waals surface area contributed by atoms with Crippen molar-refractivity contribution in [2.75, 3.05) is 6.54 Å². The molecule has 1 unspecified atom stereocenters. The first-order valence-electron chi connectivity index (χ1n) is 9.01. The second kappa shape index (κ2) is 8.62. The van der Waals surface area contributed by atoms with E-state index in [-0.39, 0.29) is 5.91 Å². The van der Waals surface area contributed by atoms with Crippen molar-refractivity contribution in [1.29, 1.82) is 0 Å². The van der Waals surface area contributed by atoms with Crippen LogP contribution in [-0.2, 0) is 20.9 Å². The first-order chi connectivity index (χ1) is 13.0. The number of nitrogens with one attached hydrogen (secondary N) is 2. The van der Waals surface area contributed by atoms with Crippen LogP contribution in [0.3, 0.4) is 0 Å². The monoisotopic (exact) mass is 399 g/mol. The van der Waals surface area contributed by atoms with E-state index < -0.39 is 36.0 Å². The van der Waals surface area contributed by atoms with Gasteiger partial charge in [0.05, 0.1) is 0 Å². The Balaban J connectivity index is 1.97. The summed E-state index contributed by atoms with van der Waals surface area (Å²) in [7, 11) is 0. The van der Waals surface area contributed by atoms with Crippen LogP contribution in [0.5, 0.6) is 0 Å². The van der Waals surface area contributed by atoms with Gasteiger partial charge in [-0.3, -0.25) is 14.4 Å². The highest BCUT2D eigenvalue weighted by molar-refractivity contribution is 5.93. The number of aryl methyl sites for hydroxylation is 1. The number of carbonyl (C=O) groups excluding carboxylic acids is 3. The summed E-state index contributed by atoms with van der Waals surface area (Å²) in [5.74, 6) is -3.85. The van der Waals surface area contributed by atoms with E-state index in [1.165, 1.54) is 13.8 Å². The molecule has 1 aromatic carbocycles. The number of carbonyl (C=O) groups is 3.